The number of amides is 1. The van der Waals surface area contributed by atoms with Gasteiger partial charge in [-0.05, 0) is 25.0 Å². The second-order valence-electron chi connectivity index (χ2n) is 5.79. The van der Waals surface area contributed by atoms with E-state index < -0.39 is 0 Å². The predicted octanol–water partition coefficient (Wildman–Crippen LogP) is 3.31. The van der Waals surface area contributed by atoms with Crippen LogP contribution in [0.1, 0.15) is 29.7 Å². The molecular formula is C16H16N4O2S2. The summed E-state index contributed by atoms with van der Waals surface area (Å²) in [5.74, 6) is 1.44. The van der Waals surface area contributed by atoms with Gasteiger partial charge in [0.05, 0.1) is 22.5 Å². The van der Waals surface area contributed by atoms with E-state index in [2.05, 4.69) is 15.2 Å². The SMILES string of the molecule is CN(Cc1nc2ccccc2s1)C(=O)CSc1nnc(C2CC2)o1. The van der Waals surface area contributed by atoms with Gasteiger partial charge >= 0.3 is 0 Å². The molecule has 0 radical (unpaired) electrons. The van der Waals surface area contributed by atoms with Gasteiger partial charge in [0.1, 0.15) is 5.01 Å². The number of aromatic nitrogens is 3. The molecule has 3 aromatic rings. The normalized spacial score (nSPS) is 14.2. The van der Waals surface area contributed by atoms with E-state index in [9.17, 15) is 4.79 Å². The molecule has 2 aromatic heterocycles. The summed E-state index contributed by atoms with van der Waals surface area (Å²) < 4.78 is 6.70. The third-order valence-corrected chi connectivity index (χ3v) is 5.63. The van der Waals surface area contributed by atoms with Gasteiger partial charge < -0.3 is 9.32 Å². The van der Waals surface area contributed by atoms with E-state index >= 15 is 0 Å². The molecule has 0 spiro atoms. The zero-order chi connectivity index (χ0) is 16.5. The molecule has 0 N–H and O–H groups in total. The highest BCUT2D eigenvalue weighted by Gasteiger charge is 2.29. The van der Waals surface area contributed by atoms with Crippen LogP contribution in [0.2, 0.25) is 0 Å². The Labute approximate surface area is 147 Å². The molecule has 1 aromatic carbocycles. The maximum absolute atomic E-state index is 12.3. The van der Waals surface area contributed by atoms with Gasteiger partial charge in [0, 0.05) is 13.0 Å². The van der Waals surface area contributed by atoms with Crippen molar-refractivity contribution in [2.45, 2.75) is 30.5 Å². The first-order chi connectivity index (χ1) is 11.7. The second kappa shape index (κ2) is 6.52. The molecule has 1 saturated carbocycles. The maximum Gasteiger partial charge on any atom is 0.277 e. The van der Waals surface area contributed by atoms with Gasteiger partial charge in [0.2, 0.25) is 11.8 Å². The molecule has 1 aliphatic carbocycles. The summed E-state index contributed by atoms with van der Waals surface area (Å²) in [5.41, 5.74) is 0.978. The minimum atomic E-state index is 0.0189. The number of carbonyl (C=O) groups excluding carboxylic acids is 1. The molecular weight excluding hydrogens is 344 g/mol. The minimum Gasteiger partial charge on any atom is -0.416 e. The van der Waals surface area contributed by atoms with Crippen molar-refractivity contribution in [3.8, 4) is 0 Å². The Morgan fingerprint density at radius 3 is 3.00 bits per heavy atom. The fourth-order valence-corrected chi connectivity index (χ4v) is 4.02. The van der Waals surface area contributed by atoms with Crippen LogP contribution >= 0.6 is 23.1 Å². The number of thioether (sulfide) groups is 1. The standard InChI is InChI=1S/C16H16N4O2S2/c1-20(8-13-17-11-4-2-3-5-12(11)24-13)14(21)9-23-16-19-18-15(22-16)10-6-7-10/h2-5,10H,6-9H2,1H3. The molecule has 2 heterocycles. The van der Waals surface area contributed by atoms with Crippen LogP contribution in [-0.4, -0.2) is 38.8 Å². The summed E-state index contributed by atoms with van der Waals surface area (Å²) in [4.78, 5) is 18.5. The average molecular weight is 360 g/mol. The maximum atomic E-state index is 12.3. The number of hydrogen-bond acceptors (Lipinski definition) is 7. The zero-order valence-electron chi connectivity index (χ0n) is 13.1. The third-order valence-electron chi connectivity index (χ3n) is 3.80. The summed E-state index contributed by atoms with van der Waals surface area (Å²) in [6.07, 6.45) is 2.24. The fourth-order valence-electron chi connectivity index (χ4n) is 2.29. The molecule has 24 heavy (non-hydrogen) atoms. The van der Waals surface area contributed by atoms with E-state index in [1.54, 1.807) is 23.3 Å². The van der Waals surface area contributed by atoms with Crippen LogP contribution in [0.25, 0.3) is 10.2 Å². The van der Waals surface area contributed by atoms with Gasteiger partial charge in [-0.3, -0.25) is 4.79 Å². The highest BCUT2D eigenvalue weighted by molar-refractivity contribution is 7.99. The van der Waals surface area contributed by atoms with Crippen molar-refractivity contribution in [2.75, 3.05) is 12.8 Å². The number of nitrogens with zero attached hydrogens (tertiary/aromatic N) is 4. The highest BCUT2D eigenvalue weighted by atomic mass is 32.2. The van der Waals surface area contributed by atoms with Crippen LogP contribution in [0.5, 0.6) is 0 Å². The Bertz CT molecular complexity index is 839. The Morgan fingerprint density at radius 1 is 1.38 bits per heavy atom. The van der Waals surface area contributed by atoms with Crippen molar-refractivity contribution in [3.63, 3.8) is 0 Å². The topological polar surface area (TPSA) is 72.1 Å². The summed E-state index contributed by atoms with van der Waals surface area (Å²) in [7, 11) is 1.79. The van der Waals surface area contributed by atoms with Crippen LogP contribution in [0.3, 0.4) is 0 Å². The zero-order valence-corrected chi connectivity index (χ0v) is 14.8. The van der Waals surface area contributed by atoms with Crippen LogP contribution in [-0.2, 0) is 11.3 Å². The largest absolute Gasteiger partial charge is 0.416 e. The number of carbonyl (C=O) groups is 1. The van der Waals surface area contributed by atoms with Crippen molar-refractivity contribution in [1.82, 2.24) is 20.1 Å². The van der Waals surface area contributed by atoms with E-state index in [4.69, 9.17) is 4.42 Å². The second-order valence-corrected chi connectivity index (χ2v) is 7.84. The van der Waals surface area contributed by atoms with E-state index in [-0.39, 0.29) is 11.7 Å². The van der Waals surface area contributed by atoms with Crippen molar-refractivity contribution in [1.29, 1.82) is 0 Å². The Balaban J connectivity index is 1.33. The first-order valence-electron chi connectivity index (χ1n) is 7.73. The molecule has 0 unspecified atom stereocenters. The fraction of sp³-hybridized carbons (Fsp3) is 0.375. The van der Waals surface area contributed by atoms with Gasteiger partial charge in [-0.2, -0.15) is 0 Å². The molecule has 1 fully saturated rings. The first kappa shape index (κ1) is 15.6. The third kappa shape index (κ3) is 3.44. The predicted molar refractivity (Wildman–Crippen MR) is 93.1 cm³/mol. The van der Waals surface area contributed by atoms with Crippen LogP contribution in [0.15, 0.2) is 33.9 Å². The Hall–Kier alpha value is -1.93. The van der Waals surface area contributed by atoms with E-state index in [0.29, 0.717) is 23.6 Å². The number of thiazole rings is 1. The molecule has 1 amide bonds. The Morgan fingerprint density at radius 2 is 2.21 bits per heavy atom. The van der Waals surface area contributed by atoms with Gasteiger partial charge in [0.15, 0.2) is 0 Å². The van der Waals surface area contributed by atoms with Crippen LogP contribution in [0.4, 0.5) is 0 Å². The molecule has 0 bridgehead atoms. The Kier molecular flexibility index (Phi) is 4.24. The summed E-state index contributed by atoms with van der Waals surface area (Å²) in [6.45, 7) is 0.510. The van der Waals surface area contributed by atoms with E-state index in [1.165, 1.54) is 11.8 Å². The average Bonchev–Trinajstić information content (AvgIpc) is 3.18. The van der Waals surface area contributed by atoms with E-state index in [1.807, 2.05) is 24.3 Å². The number of rotatable bonds is 6. The van der Waals surface area contributed by atoms with Crippen molar-refractivity contribution in [3.05, 3.63) is 35.2 Å². The number of para-hydroxylation sites is 1. The van der Waals surface area contributed by atoms with E-state index in [0.717, 1.165) is 28.1 Å². The number of benzene rings is 1. The van der Waals surface area contributed by atoms with Crippen LogP contribution < -0.4 is 0 Å². The lowest BCUT2D eigenvalue weighted by molar-refractivity contribution is -0.127. The molecule has 8 heteroatoms. The van der Waals surface area contributed by atoms with Crippen molar-refractivity contribution >= 4 is 39.2 Å². The number of hydrogen-bond donors (Lipinski definition) is 0. The molecule has 0 atom stereocenters. The summed E-state index contributed by atoms with van der Waals surface area (Å²) in [5, 5.41) is 9.42. The molecule has 124 valence electrons. The summed E-state index contributed by atoms with van der Waals surface area (Å²) in [6, 6.07) is 8.00. The monoisotopic (exact) mass is 360 g/mol. The molecule has 0 aliphatic heterocycles. The van der Waals surface area contributed by atoms with Crippen molar-refractivity contribution in [2.24, 2.45) is 0 Å². The lowest BCUT2D eigenvalue weighted by Crippen LogP contribution is -2.27. The lowest BCUT2D eigenvalue weighted by atomic mass is 10.3. The highest BCUT2D eigenvalue weighted by Crippen LogP contribution is 2.39. The quantitative estimate of drug-likeness (QED) is 0.628. The van der Waals surface area contributed by atoms with Crippen molar-refractivity contribution < 1.29 is 9.21 Å². The van der Waals surface area contributed by atoms with Gasteiger partial charge in [0.25, 0.3) is 5.22 Å². The lowest BCUT2D eigenvalue weighted by Gasteiger charge is -2.14. The molecule has 0 saturated heterocycles. The van der Waals surface area contributed by atoms with Crippen LogP contribution in [0, 0.1) is 0 Å². The molecule has 6 nitrogen and oxygen atoms in total. The van der Waals surface area contributed by atoms with Gasteiger partial charge in [-0.15, -0.1) is 21.5 Å². The first-order valence-corrected chi connectivity index (χ1v) is 9.54. The molecule has 1 aliphatic rings. The minimum absolute atomic E-state index is 0.0189. The molecule has 4 rings (SSSR count). The van der Waals surface area contributed by atoms with Gasteiger partial charge in [-0.25, -0.2) is 4.98 Å². The smallest absolute Gasteiger partial charge is 0.277 e. The van der Waals surface area contributed by atoms with Gasteiger partial charge in [-0.1, -0.05) is 23.9 Å². The number of fused-ring (bicyclic) bond motifs is 1. The summed E-state index contributed by atoms with van der Waals surface area (Å²) >= 11 is 2.91.